The van der Waals surface area contributed by atoms with Gasteiger partial charge in [-0.2, -0.15) is 0 Å². The van der Waals surface area contributed by atoms with E-state index in [4.69, 9.17) is 0 Å². The molecule has 5 heteroatoms. The van der Waals surface area contributed by atoms with Gasteiger partial charge in [0.05, 0.1) is 16.2 Å². The van der Waals surface area contributed by atoms with Gasteiger partial charge in [-0.15, -0.1) is 6.58 Å². The largest absolute Gasteiger partial charge is 0.341 e. The lowest BCUT2D eigenvalue weighted by Crippen LogP contribution is -2.32. The molecule has 24 heavy (non-hydrogen) atoms. The molecule has 2 aromatic rings. The zero-order valence-electron chi connectivity index (χ0n) is 13.7. The molecule has 1 aromatic heterocycles. The number of rotatable bonds is 5. The van der Waals surface area contributed by atoms with Gasteiger partial charge in [-0.1, -0.05) is 25.1 Å². The highest BCUT2D eigenvalue weighted by atomic mass is 16.6. The standard InChI is InChI=1S/C19H20N2O3/c1-3-19(4-2)10-7-11-20-14(13-22)12-16(18(19)20)15-8-5-6-9-17(15)21(23)24/h3,5-6,8-9,12-13H,1,4,7,10-11H2,2H3. The molecule has 5 nitrogen and oxygen atoms in total. The Morgan fingerprint density at radius 1 is 1.38 bits per heavy atom. The van der Waals surface area contributed by atoms with Crippen molar-refractivity contribution in [3.63, 3.8) is 0 Å². The van der Waals surface area contributed by atoms with Crippen LogP contribution in [0.1, 0.15) is 42.4 Å². The summed E-state index contributed by atoms with van der Waals surface area (Å²) in [5.41, 5.74) is 2.66. The SMILES string of the molecule is C=CC1(CC)CCCn2c(C=O)cc(-c3ccccc3[N+](=O)[O-])c21. The molecule has 0 amide bonds. The highest BCUT2D eigenvalue weighted by Crippen LogP contribution is 2.46. The van der Waals surface area contributed by atoms with Crippen LogP contribution in [0.2, 0.25) is 0 Å². The van der Waals surface area contributed by atoms with Crippen molar-refractivity contribution in [2.24, 2.45) is 0 Å². The summed E-state index contributed by atoms with van der Waals surface area (Å²) in [6, 6.07) is 8.48. The quantitative estimate of drug-likeness (QED) is 0.352. The number of hydrogen-bond donors (Lipinski definition) is 0. The minimum atomic E-state index is -0.371. The van der Waals surface area contributed by atoms with Gasteiger partial charge in [0.1, 0.15) is 0 Å². The van der Waals surface area contributed by atoms with E-state index in [1.54, 1.807) is 24.3 Å². The number of carbonyl (C=O) groups excluding carboxylic acids is 1. The number of nitro benzene ring substituents is 1. The normalized spacial score (nSPS) is 19.5. The number of carbonyl (C=O) groups is 1. The fraction of sp³-hybridized carbons (Fsp3) is 0.316. The Bertz CT molecular complexity index is 822. The maximum Gasteiger partial charge on any atom is 0.277 e. The van der Waals surface area contributed by atoms with E-state index in [1.165, 1.54) is 6.07 Å². The smallest absolute Gasteiger partial charge is 0.277 e. The molecule has 0 radical (unpaired) electrons. The summed E-state index contributed by atoms with van der Waals surface area (Å²) < 4.78 is 2.01. The van der Waals surface area contributed by atoms with Crippen LogP contribution in [0, 0.1) is 10.1 Å². The summed E-state index contributed by atoms with van der Waals surface area (Å²) in [7, 11) is 0. The van der Waals surface area contributed by atoms with E-state index in [-0.39, 0.29) is 16.0 Å². The van der Waals surface area contributed by atoms with Crippen LogP contribution in [-0.2, 0) is 12.0 Å². The molecule has 0 saturated heterocycles. The molecule has 0 fully saturated rings. The average Bonchev–Trinajstić information content (AvgIpc) is 3.01. The highest BCUT2D eigenvalue weighted by Gasteiger charge is 2.38. The summed E-state index contributed by atoms with van der Waals surface area (Å²) in [5, 5.41) is 11.4. The topological polar surface area (TPSA) is 65.1 Å². The molecule has 0 saturated carbocycles. The molecule has 3 rings (SSSR count). The lowest BCUT2D eigenvalue weighted by molar-refractivity contribution is -0.384. The number of aldehydes is 1. The number of aromatic nitrogens is 1. The average molecular weight is 324 g/mol. The van der Waals surface area contributed by atoms with Gasteiger partial charge in [0.25, 0.3) is 5.69 Å². The van der Waals surface area contributed by atoms with Crippen LogP contribution in [0.5, 0.6) is 0 Å². The molecule has 124 valence electrons. The van der Waals surface area contributed by atoms with E-state index in [1.807, 2.05) is 10.6 Å². The van der Waals surface area contributed by atoms with Crippen LogP contribution in [-0.4, -0.2) is 15.8 Å². The highest BCUT2D eigenvalue weighted by molar-refractivity contribution is 5.84. The van der Waals surface area contributed by atoms with Crippen molar-refractivity contribution in [2.75, 3.05) is 0 Å². The van der Waals surface area contributed by atoms with E-state index in [9.17, 15) is 14.9 Å². The predicted molar refractivity (Wildman–Crippen MR) is 93.3 cm³/mol. The fourth-order valence-corrected chi connectivity index (χ4v) is 3.87. The van der Waals surface area contributed by atoms with Crippen molar-refractivity contribution in [3.05, 3.63) is 64.5 Å². The molecule has 1 aliphatic heterocycles. The maximum atomic E-state index is 11.5. The van der Waals surface area contributed by atoms with Crippen molar-refractivity contribution < 1.29 is 9.72 Å². The predicted octanol–water partition coefficient (Wildman–Crippen LogP) is 4.50. The Morgan fingerprint density at radius 3 is 2.75 bits per heavy atom. The molecular formula is C19H20N2O3. The second-order valence-electron chi connectivity index (χ2n) is 6.19. The number of benzene rings is 1. The number of hydrogen-bond acceptors (Lipinski definition) is 3. The lowest BCUT2D eigenvalue weighted by atomic mass is 9.73. The van der Waals surface area contributed by atoms with Crippen LogP contribution in [0.3, 0.4) is 0 Å². The van der Waals surface area contributed by atoms with Gasteiger partial charge in [0.15, 0.2) is 6.29 Å². The van der Waals surface area contributed by atoms with Gasteiger partial charge < -0.3 is 4.57 Å². The number of fused-ring (bicyclic) bond motifs is 1. The number of nitrogens with zero attached hydrogens (tertiary/aromatic N) is 2. The zero-order chi connectivity index (χ0) is 17.3. The third-order valence-electron chi connectivity index (χ3n) is 5.14. The first-order valence-corrected chi connectivity index (χ1v) is 8.14. The van der Waals surface area contributed by atoms with E-state index in [2.05, 4.69) is 13.5 Å². The Kier molecular flexibility index (Phi) is 4.09. The van der Waals surface area contributed by atoms with Gasteiger partial charge in [-0.25, -0.2) is 0 Å². The molecule has 0 aliphatic carbocycles. The van der Waals surface area contributed by atoms with Crippen molar-refractivity contribution in [1.82, 2.24) is 4.57 Å². The van der Waals surface area contributed by atoms with Gasteiger partial charge in [-0.05, 0) is 31.4 Å². The third-order valence-corrected chi connectivity index (χ3v) is 5.14. The molecule has 1 atom stereocenters. The van der Waals surface area contributed by atoms with Gasteiger partial charge >= 0.3 is 0 Å². The van der Waals surface area contributed by atoms with E-state index >= 15 is 0 Å². The first-order chi connectivity index (χ1) is 11.6. The summed E-state index contributed by atoms with van der Waals surface area (Å²) in [5.74, 6) is 0. The molecule has 1 aromatic carbocycles. The maximum absolute atomic E-state index is 11.5. The van der Waals surface area contributed by atoms with Crippen LogP contribution in [0.4, 0.5) is 5.69 Å². The van der Waals surface area contributed by atoms with Crippen LogP contribution in [0.25, 0.3) is 11.1 Å². The lowest BCUT2D eigenvalue weighted by Gasteiger charge is -2.36. The fourth-order valence-electron chi connectivity index (χ4n) is 3.87. The monoisotopic (exact) mass is 324 g/mol. The number of nitro groups is 1. The van der Waals surface area contributed by atoms with E-state index < -0.39 is 0 Å². The molecule has 0 spiro atoms. The first-order valence-electron chi connectivity index (χ1n) is 8.14. The van der Waals surface area contributed by atoms with Gasteiger partial charge in [0.2, 0.25) is 0 Å². The Balaban J connectivity index is 2.36. The summed E-state index contributed by atoms with van der Waals surface area (Å²) >= 11 is 0. The minimum Gasteiger partial charge on any atom is -0.341 e. The second-order valence-corrected chi connectivity index (χ2v) is 6.19. The van der Waals surface area contributed by atoms with Gasteiger partial charge in [0, 0.05) is 29.3 Å². The van der Waals surface area contributed by atoms with Crippen LogP contribution >= 0.6 is 0 Å². The number of para-hydroxylation sites is 1. The molecule has 2 heterocycles. The third kappa shape index (κ3) is 2.28. The van der Waals surface area contributed by atoms with Crippen molar-refractivity contribution >= 4 is 12.0 Å². The Morgan fingerprint density at radius 2 is 2.12 bits per heavy atom. The van der Waals surface area contributed by atoms with E-state index in [0.29, 0.717) is 11.3 Å². The van der Waals surface area contributed by atoms with Crippen molar-refractivity contribution in [2.45, 2.75) is 38.1 Å². The second kappa shape index (κ2) is 6.07. The molecule has 0 bridgehead atoms. The Labute approximate surface area is 140 Å². The Hall–Kier alpha value is -2.69. The molecule has 1 unspecified atom stereocenters. The van der Waals surface area contributed by atoms with E-state index in [0.717, 1.165) is 43.4 Å². The number of allylic oxidation sites excluding steroid dienone is 1. The summed E-state index contributed by atoms with van der Waals surface area (Å²) in [4.78, 5) is 22.6. The van der Waals surface area contributed by atoms with Crippen molar-refractivity contribution in [3.8, 4) is 11.1 Å². The zero-order valence-corrected chi connectivity index (χ0v) is 13.7. The minimum absolute atomic E-state index is 0.0583. The van der Waals surface area contributed by atoms with Crippen LogP contribution < -0.4 is 0 Å². The molecule has 1 aliphatic rings. The molecule has 0 N–H and O–H groups in total. The van der Waals surface area contributed by atoms with Gasteiger partial charge in [-0.3, -0.25) is 14.9 Å². The van der Waals surface area contributed by atoms with Crippen molar-refractivity contribution in [1.29, 1.82) is 0 Å². The van der Waals surface area contributed by atoms with Crippen LogP contribution in [0.15, 0.2) is 43.0 Å². The summed E-state index contributed by atoms with van der Waals surface area (Å²) in [6.45, 7) is 6.86. The first kappa shape index (κ1) is 16.2. The summed E-state index contributed by atoms with van der Waals surface area (Å²) in [6.07, 6.45) is 5.50. The molecular weight excluding hydrogens is 304 g/mol.